The molecule has 2 aliphatic heterocycles. The number of alkyl halides is 6. The Bertz CT molecular complexity index is 1500. The van der Waals surface area contributed by atoms with E-state index in [4.69, 9.17) is 30.6 Å². The van der Waals surface area contributed by atoms with Gasteiger partial charge in [0.05, 0.1) is 11.8 Å². The summed E-state index contributed by atoms with van der Waals surface area (Å²) in [7, 11) is -3.26. The maximum atomic E-state index is 13.7. The number of nitrogens with one attached hydrogen (secondary N) is 1. The summed E-state index contributed by atoms with van der Waals surface area (Å²) in [5.74, 6) is -6.61. The number of sulfonamides is 1. The molecule has 1 unspecified atom stereocenters. The van der Waals surface area contributed by atoms with Crippen LogP contribution in [0.15, 0.2) is 24.3 Å². The molecule has 15 nitrogen and oxygen atoms in total. The molecular weight excluding hydrogens is 736 g/mol. The van der Waals surface area contributed by atoms with Gasteiger partial charge in [0.25, 0.3) is 0 Å². The minimum atomic E-state index is -5.08. The van der Waals surface area contributed by atoms with E-state index in [0.29, 0.717) is 50.7 Å². The third kappa shape index (κ3) is 13.2. The Labute approximate surface area is 294 Å². The van der Waals surface area contributed by atoms with Crippen LogP contribution in [0.25, 0.3) is 0 Å². The number of carbonyl (C=O) groups is 5. The molecule has 3 atom stereocenters. The number of carboxylic acid groups (broad SMARTS) is 3. The molecule has 3 aliphatic rings. The number of benzene rings is 1. The van der Waals surface area contributed by atoms with Crippen molar-refractivity contribution >= 4 is 45.4 Å². The van der Waals surface area contributed by atoms with E-state index in [1.54, 1.807) is 17.0 Å². The van der Waals surface area contributed by atoms with Gasteiger partial charge in [0.2, 0.25) is 21.8 Å². The monoisotopic (exact) mass is 777 g/mol. The number of nitrogens with two attached hydrogens (primary N) is 1. The highest BCUT2D eigenvalue weighted by atomic mass is 32.2. The first-order valence-electron chi connectivity index (χ1n) is 15.8. The van der Waals surface area contributed by atoms with Gasteiger partial charge in [-0.1, -0.05) is 0 Å². The summed E-state index contributed by atoms with van der Waals surface area (Å²) >= 11 is 0. The molecule has 4 rings (SSSR count). The van der Waals surface area contributed by atoms with E-state index in [1.165, 1.54) is 22.7 Å². The number of aromatic carboxylic acids is 1. The van der Waals surface area contributed by atoms with Gasteiger partial charge in [-0.2, -0.15) is 30.6 Å². The van der Waals surface area contributed by atoms with Crippen LogP contribution >= 0.6 is 0 Å². The molecule has 0 bridgehead atoms. The molecule has 22 heteroatoms. The van der Waals surface area contributed by atoms with Crippen LogP contribution in [0.2, 0.25) is 0 Å². The maximum Gasteiger partial charge on any atom is 0.490 e. The first-order valence-corrected chi connectivity index (χ1v) is 17.7. The van der Waals surface area contributed by atoms with Crippen LogP contribution in [0.4, 0.5) is 32.0 Å². The minimum Gasteiger partial charge on any atom is -0.478 e. The van der Waals surface area contributed by atoms with Crippen LogP contribution in [-0.2, 0) is 29.2 Å². The highest BCUT2D eigenvalue weighted by Crippen LogP contribution is 2.34. The van der Waals surface area contributed by atoms with Crippen molar-refractivity contribution < 1.29 is 74.1 Å². The van der Waals surface area contributed by atoms with Crippen LogP contribution < -0.4 is 11.1 Å². The molecule has 52 heavy (non-hydrogen) atoms. The fraction of sp³-hybridized carbons (Fsp3) is 0.633. The number of hydrogen-bond donors (Lipinski definition) is 5. The number of hydrogen-bond acceptors (Lipinski definition) is 9. The number of aliphatic carboxylic acids is 2. The van der Waals surface area contributed by atoms with Gasteiger partial charge in [0.1, 0.15) is 6.04 Å². The molecule has 2 saturated heterocycles. The Morgan fingerprint density at radius 2 is 1.31 bits per heavy atom. The number of anilines is 1. The van der Waals surface area contributed by atoms with Gasteiger partial charge in [-0.05, 0) is 69.2 Å². The maximum absolute atomic E-state index is 13.7. The van der Waals surface area contributed by atoms with E-state index in [0.717, 1.165) is 25.7 Å². The Balaban J connectivity index is 0.000000564. The van der Waals surface area contributed by atoms with Crippen molar-refractivity contribution in [3.8, 4) is 0 Å². The summed E-state index contributed by atoms with van der Waals surface area (Å²) in [5.41, 5.74) is 6.67. The van der Waals surface area contributed by atoms with Gasteiger partial charge in [-0.25, -0.2) is 22.8 Å². The quantitative estimate of drug-likeness (QED) is 0.252. The third-order valence-corrected chi connectivity index (χ3v) is 10.2. The molecule has 2 amide bonds. The summed E-state index contributed by atoms with van der Waals surface area (Å²) in [6, 6.07) is 5.32. The predicted octanol–water partition coefficient (Wildman–Crippen LogP) is 2.29. The van der Waals surface area contributed by atoms with Crippen LogP contribution in [0.1, 0.15) is 49.4 Å². The van der Waals surface area contributed by atoms with Gasteiger partial charge in [-0.3, -0.25) is 14.5 Å². The summed E-state index contributed by atoms with van der Waals surface area (Å²) in [6.45, 7) is 4.29. The number of rotatable bonds is 7. The third-order valence-electron chi connectivity index (χ3n) is 8.87. The van der Waals surface area contributed by atoms with Gasteiger partial charge < -0.3 is 31.3 Å². The van der Waals surface area contributed by atoms with Crippen LogP contribution in [0.3, 0.4) is 0 Å². The number of carboxylic acids is 3. The Morgan fingerprint density at radius 3 is 1.69 bits per heavy atom. The number of amides is 2. The van der Waals surface area contributed by atoms with Crippen molar-refractivity contribution in [3.05, 3.63) is 29.8 Å². The van der Waals surface area contributed by atoms with Crippen molar-refractivity contribution in [2.75, 3.05) is 44.3 Å². The molecule has 1 aliphatic carbocycles. The highest BCUT2D eigenvalue weighted by molar-refractivity contribution is 7.88. The molecule has 0 radical (unpaired) electrons. The van der Waals surface area contributed by atoms with Crippen molar-refractivity contribution in [2.24, 2.45) is 17.6 Å². The van der Waals surface area contributed by atoms with Gasteiger partial charge in [0.15, 0.2) is 0 Å². The van der Waals surface area contributed by atoms with E-state index >= 15 is 0 Å². The normalized spacial score (nSPS) is 23.6. The first kappa shape index (κ1) is 44.1. The second-order valence-electron chi connectivity index (χ2n) is 12.5. The average molecular weight is 778 g/mol. The fourth-order valence-electron chi connectivity index (χ4n) is 6.02. The number of halogens is 6. The lowest BCUT2D eigenvalue weighted by Gasteiger charge is -2.37. The molecular formula is C30H41F6N5O10S. The van der Waals surface area contributed by atoms with E-state index in [2.05, 4.69) is 10.2 Å². The Morgan fingerprint density at radius 1 is 0.846 bits per heavy atom. The number of piperazine rings is 1. The zero-order chi connectivity index (χ0) is 39.8. The van der Waals surface area contributed by atoms with Crippen molar-refractivity contribution in [1.29, 1.82) is 0 Å². The largest absolute Gasteiger partial charge is 0.490 e. The summed E-state index contributed by atoms with van der Waals surface area (Å²) in [6.07, 6.45) is -5.20. The average Bonchev–Trinajstić information content (AvgIpc) is 3.50. The second kappa shape index (κ2) is 18.1. The second-order valence-corrected chi connectivity index (χ2v) is 14.5. The number of nitrogens with zero attached hydrogens (tertiary/aromatic N) is 3. The van der Waals surface area contributed by atoms with Gasteiger partial charge in [-0.15, -0.1) is 0 Å². The van der Waals surface area contributed by atoms with Crippen LogP contribution in [0.5, 0.6) is 0 Å². The molecule has 1 aromatic carbocycles. The number of likely N-dealkylation sites (tertiary alicyclic amines) is 1. The van der Waals surface area contributed by atoms with E-state index in [9.17, 15) is 49.1 Å². The van der Waals surface area contributed by atoms with Crippen LogP contribution in [-0.4, -0.2) is 137 Å². The topological polar surface area (TPSA) is 228 Å². The molecule has 294 valence electrons. The molecule has 1 aromatic rings. The standard InChI is InChI=1S/C26H39N5O6S.2C2HF3O2/c1-17(27)18-3-5-19(6-4-18)25(33)31-16-22(29-11-13-30(14-12-29)38(2,36)37)15-23(31)24(32)28-21-9-7-20(8-10-21)26(34)35;2*3-2(4,5)1(6)7/h7-10,17-19,22-23H,3-6,11-16,27H2,1-2H3,(H,28,32)(H,34,35);2*(H,6,7)/t17?,18?,19?,22-,23-;;/m0../s1. The zero-order valence-electron chi connectivity index (χ0n) is 28.1. The molecule has 0 spiro atoms. The van der Waals surface area contributed by atoms with Crippen LogP contribution in [0, 0.1) is 11.8 Å². The molecule has 3 fully saturated rings. The molecule has 0 aromatic heterocycles. The minimum absolute atomic E-state index is 0.00762. The van der Waals surface area contributed by atoms with E-state index < -0.39 is 46.3 Å². The fourth-order valence-corrected chi connectivity index (χ4v) is 6.85. The lowest BCUT2D eigenvalue weighted by Crippen LogP contribution is -2.52. The highest BCUT2D eigenvalue weighted by Gasteiger charge is 2.45. The number of carbonyl (C=O) groups excluding carboxylic acids is 2. The molecule has 6 N–H and O–H groups in total. The summed E-state index contributed by atoms with van der Waals surface area (Å²) < 4.78 is 88.8. The molecule has 1 saturated carbocycles. The first-order chi connectivity index (χ1) is 23.8. The SMILES string of the molecule is CC(N)C1CCC(C(=O)N2C[C@@H](N3CCN(S(C)(=O)=O)CC3)C[C@H]2C(=O)Nc2ccc(C(=O)O)cc2)CC1.O=C(O)C(F)(F)F.O=C(O)C(F)(F)F. The molecule has 2 heterocycles. The Kier molecular flexibility index (Phi) is 15.4. The lowest BCUT2D eigenvalue weighted by atomic mass is 9.78. The van der Waals surface area contributed by atoms with E-state index in [1.807, 2.05) is 6.92 Å². The zero-order valence-corrected chi connectivity index (χ0v) is 28.9. The lowest BCUT2D eigenvalue weighted by molar-refractivity contribution is -0.193. The smallest absolute Gasteiger partial charge is 0.478 e. The summed E-state index contributed by atoms with van der Waals surface area (Å²) in [5, 5.41) is 26.2. The van der Waals surface area contributed by atoms with Gasteiger partial charge >= 0.3 is 30.3 Å². The Hall–Kier alpha value is -4.02. The van der Waals surface area contributed by atoms with Crippen molar-refractivity contribution in [1.82, 2.24) is 14.1 Å². The van der Waals surface area contributed by atoms with Crippen molar-refractivity contribution in [2.45, 2.75) is 69.5 Å². The van der Waals surface area contributed by atoms with Crippen molar-refractivity contribution in [3.63, 3.8) is 0 Å². The van der Waals surface area contributed by atoms with E-state index in [-0.39, 0.29) is 35.4 Å². The van der Waals surface area contributed by atoms with Gasteiger partial charge in [0, 0.05) is 56.4 Å². The summed E-state index contributed by atoms with van der Waals surface area (Å²) in [4.78, 5) is 60.0. The predicted molar refractivity (Wildman–Crippen MR) is 170 cm³/mol.